The van der Waals surface area contributed by atoms with Crippen LogP contribution in [0.2, 0.25) is 0 Å². The van der Waals surface area contributed by atoms with E-state index in [4.69, 9.17) is 19.1 Å². The summed E-state index contributed by atoms with van der Waals surface area (Å²) in [6.07, 6.45) is 1.66. The largest absolute Gasteiger partial charge is 0.369 e. The quantitative estimate of drug-likeness (QED) is 0.899. The summed E-state index contributed by atoms with van der Waals surface area (Å²) in [5.41, 5.74) is 8.79. The summed E-state index contributed by atoms with van der Waals surface area (Å²) in [7, 11) is 0. The van der Waals surface area contributed by atoms with Crippen molar-refractivity contribution in [3.8, 4) is 11.3 Å². The molecule has 1 aromatic carbocycles. The van der Waals surface area contributed by atoms with E-state index >= 15 is 0 Å². The molecule has 0 bridgehead atoms. The second kappa shape index (κ2) is 8.70. The monoisotopic (exact) mass is 365 g/mol. The highest BCUT2D eigenvalue weighted by Gasteiger charge is 2.24. The Bertz CT molecular complexity index is 716. The van der Waals surface area contributed by atoms with Gasteiger partial charge in [-0.05, 0) is 19.8 Å². The Hall–Kier alpha value is -2.06. The molecule has 8 heteroatoms. The molecule has 1 saturated heterocycles. The van der Waals surface area contributed by atoms with E-state index < -0.39 is 11.6 Å². The summed E-state index contributed by atoms with van der Waals surface area (Å²) in [4.78, 5) is 18.2. The number of aryl methyl sites for hydroxylation is 1. The SMILES string of the molecule is Cc1ccc(-c2csc(N3CCC(C(N)=O)CC3)n2)cc1.O=S=O. The van der Waals surface area contributed by atoms with Crippen molar-refractivity contribution in [3.05, 3.63) is 35.2 Å². The molecular weight excluding hydrogens is 346 g/mol. The van der Waals surface area contributed by atoms with Crippen molar-refractivity contribution in [3.63, 3.8) is 0 Å². The van der Waals surface area contributed by atoms with Crippen molar-refractivity contribution in [2.75, 3.05) is 18.0 Å². The third-order valence-corrected chi connectivity index (χ3v) is 4.91. The molecule has 128 valence electrons. The minimum Gasteiger partial charge on any atom is -0.369 e. The maximum Gasteiger partial charge on any atom is 0.335 e. The van der Waals surface area contributed by atoms with E-state index in [0.717, 1.165) is 42.3 Å². The van der Waals surface area contributed by atoms with Gasteiger partial charge in [0.2, 0.25) is 5.91 Å². The van der Waals surface area contributed by atoms with Crippen LogP contribution >= 0.6 is 11.3 Å². The van der Waals surface area contributed by atoms with Gasteiger partial charge in [-0.3, -0.25) is 4.79 Å². The van der Waals surface area contributed by atoms with Crippen LogP contribution in [-0.4, -0.2) is 32.4 Å². The molecule has 1 aliphatic heterocycles. The number of benzene rings is 1. The molecule has 0 radical (unpaired) electrons. The molecule has 2 heterocycles. The van der Waals surface area contributed by atoms with Gasteiger partial charge >= 0.3 is 11.6 Å². The summed E-state index contributed by atoms with van der Waals surface area (Å²) in [6.45, 7) is 3.79. The van der Waals surface area contributed by atoms with Crippen molar-refractivity contribution >= 4 is 33.9 Å². The third kappa shape index (κ3) is 4.72. The van der Waals surface area contributed by atoms with E-state index in [1.807, 2.05) is 0 Å². The number of hydrogen-bond acceptors (Lipinski definition) is 6. The highest BCUT2D eigenvalue weighted by atomic mass is 32.1. The number of rotatable bonds is 3. The highest BCUT2D eigenvalue weighted by Crippen LogP contribution is 2.30. The number of piperidine rings is 1. The third-order valence-electron chi connectivity index (χ3n) is 4.01. The number of nitrogens with zero attached hydrogens (tertiary/aromatic N) is 2. The number of carbonyl (C=O) groups is 1. The fraction of sp³-hybridized carbons (Fsp3) is 0.375. The normalized spacial score (nSPS) is 14.6. The molecule has 0 unspecified atom stereocenters. The molecular formula is C16H19N3O3S2. The molecule has 0 aliphatic carbocycles. The Labute approximate surface area is 148 Å². The molecule has 2 N–H and O–H groups in total. The lowest BCUT2D eigenvalue weighted by Crippen LogP contribution is -2.38. The minimum absolute atomic E-state index is 0.0257. The molecule has 24 heavy (non-hydrogen) atoms. The van der Waals surface area contributed by atoms with Crippen molar-refractivity contribution < 1.29 is 13.2 Å². The fourth-order valence-corrected chi connectivity index (χ4v) is 3.51. The first-order chi connectivity index (χ1) is 11.5. The lowest BCUT2D eigenvalue weighted by molar-refractivity contribution is -0.122. The highest BCUT2D eigenvalue weighted by molar-refractivity contribution is 7.51. The van der Waals surface area contributed by atoms with Gasteiger partial charge in [-0.15, -0.1) is 11.3 Å². The number of carbonyl (C=O) groups excluding carboxylic acids is 1. The van der Waals surface area contributed by atoms with Gasteiger partial charge < -0.3 is 10.6 Å². The van der Waals surface area contributed by atoms with Gasteiger partial charge in [0.25, 0.3) is 0 Å². The van der Waals surface area contributed by atoms with Crippen LogP contribution in [-0.2, 0) is 16.4 Å². The van der Waals surface area contributed by atoms with Gasteiger partial charge in [-0.1, -0.05) is 29.8 Å². The van der Waals surface area contributed by atoms with E-state index in [2.05, 4.69) is 41.5 Å². The van der Waals surface area contributed by atoms with Crippen LogP contribution in [0.15, 0.2) is 29.6 Å². The van der Waals surface area contributed by atoms with Gasteiger partial charge in [0.1, 0.15) is 0 Å². The lowest BCUT2D eigenvalue weighted by Gasteiger charge is -2.30. The first-order valence-electron chi connectivity index (χ1n) is 7.53. The molecule has 1 amide bonds. The van der Waals surface area contributed by atoms with E-state index in [9.17, 15) is 4.79 Å². The zero-order valence-corrected chi connectivity index (χ0v) is 14.9. The average molecular weight is 365 g/mol. The first-order valence-corrected chi connectivity index (χ1v) is 9.08. The Morgan fingerprint density at radius 3 is 2.38 bits per heavy atom. The number of hydrogen-bond donors (Lipinski definition) is 1. The van der Waals surface area contributed by atoms with E-state index in [1.165, 1.54) is 5.56 Å². The first kappa shape index (κ1) is 18.3. The van der Waals surface area contributed by atoms with Crippen LogP contribution in [0.4, 0.5) is 5.13 Å². The van der Waals surface area contributed by atoms with Crippen molar-refractivity contribution in [1.82, 2.24) is 4.98 Å². The van der Waals surface area contributed by atoms with Crippen LogP contribution < -0.4 is 10.6 Å². The van der Waals surface area contributed by atoms with Crippen molar-refractivity contribution in [1.29, 1.82) is 0 Å². The summed E-state index contributed by atoms with van der Waals surface area (Å²) in [6, 6.07) is 8.42. The predicted molar refractivity (Wildman–Crippen MR) is 95.3 cm³/mol. The van der Waals surface area contributed by atoms with Crippen LogP contribution in [0.5, 0.6) is 0 Å². The molecule has 0 saturated carbocycles. The average Bonchev–Trinajstić information content (AvgIpc) is 3.06. The van der Waals surface area contributed by atoms with Crippen LogP contribution in [0.1, 0.15) is 18.4 Å². The standard InChI is InChI=1S/C16H19N3OS.O2S/c1-11-2-4-12(5-3-11)14-10-21-16(18-14)19-8-6-13(7-9-19)15(17)20;1-3-2/h2-5,10,13H,6-9H2,1H3,(H2,17,20);. The number of amides is 1. The topological polar surface area (TPSA) is 93.4 Å². The van der Waals surface area contributed by atoms with E-state index in [0.29, 0.717) is 0 Å². The maximum absolute atomic E-state index is 11.2. The van der Waals surface area contributed by atoms with Gasteiger partial charge in [-0.2, -0.15) is 8.42 Å². The molecule has 1 aromatic heterocycles. The van der Waals surface area contributed by atoms with Crippen molar-refractivity contribution in [2.24, 2.45) is 11.7 Å². The van der Waals surface area contributed by atoms with Gasteiger partial charge in [0.15, 0.2) is 5.13 Å². The zero-order chi connectivity index (χ0) is 17.5. The van der Waals surface area contributed by atoms with Gasteiger partial charge in [0.05, 0.1) is 5.69 Å². The molecule has 6 nitrogen and oxygen atoms in total. The number of aromatic nitrogens is 1. The number of nitrogens with two attached hydrogens (primary N) is 1. The zero-order valence-electron chi connectivity index (χ0n) is 13.3. The molecule has 1 aliphatic rings. The lowest BCUT2D eigenvalue weighted by atomic mass is 9.97. The van der Waals surface area contributed by atoms with Crippen LogP contribution in [0, 0.1) is 12.8 Å². The molecule has 2 aromatic rings. The minimum atomic E-state index is -0.750. The molecule has 1 fully saturated rings. The van der Waals surface area contributed by atoms with Crippen LogP contribution in [0.25, 0.3) is 11.3 Å². The smallest absolute Gasteiger partial charge is 0.335 e. The number of primary amides is 1. The Morgan fingerprint density at radius 1 is 1.25 bits per heavy atom. The summed E-state index contributed by atoms with van der Waals surface area (Å²) >= 11 is 0.913. The van der Waals surface area contributed by atoms with E-state index in [-0.39, 0.29) is 11.8 Å². The summed E-state index contributed by atoms with van der Waals surface area (Å²) in [5, 5.41) is 3.13. The van der Waals surface area contributed by atoms with E-state index in [1.54, 1.807) is 11.3 Å². The Kier molecular flexibility index (Phi) is 6.62. The fourth-order valence-electron chi connectivity index (χ4n) is 2.62. The Balaban J connectivity index is 0.000000647. The Morgan fingerprint density at radius 2 is 1.83 bits per heavy atom. The number of thiazole rings is 1. The second-order valence-electron chi connectivity index (χ2n) is 5.61. The second-order valence-corrected chi connectivity index (χ2v) is 6.59. The van der Waals surface area contributed by atoms with Gasteiger partial charge in [-0.25, -0.2) is 4.98 Å². The molecule has 3 rings (SSSR count). The van der Waals surface area contributed by atoms with Gasteiger partial charge in [0, 0.05) is 30.0 Å². The van der Waals surface area contributed by atoms with Crippen molar-refractivity contribution in [2.45, 2.75) is 19.8 Å². The summed E-state index contributed by atoms with van der Waals surface area (Å²) < 4.78 is 16.6. The predicted octanol–water partition coefficient (Wildman–Crippen LogP) is 2.15. The molecule has 0 spiro atoms. The maximum atomic E-state index is 11.2. The van der Waals surface area contributed by atoms with Crippen LogP contribution in [0.3, 0.4) is 0 Å². The number of anilines is 1. The molecule has 0 atom stereocenters. The summed E-state index contributed by atoms with van der Waals surface area (Å²) in [5.74, 6) is -0.146.